The Bertz CT molecular complexity index is 1190. The second-order valence-electron chi connectivity index (χ2n) is 6.30. The molecule has 0 radical (unpaired) electrons. The zero-order valence-corrected chi connectivity index (χ0v) is 15.2. The number of ether oxygens (including phenoxy) is 1. The molecule has 0 aliphatic rings. The molecule has 138 valence electrons. The van der Waals surface area contributed by atoms with Crippen molar-refractivity contribution in [3.63, 3.8) is 0 Å². The van der Waals surface area contributed by atoms with Crippen molar-refractivity contribution < 1.29 is 14.6 Å². The van der Waals surface area contributed by atoms with Crippen molar-refractivity contribution in [3.8, 4) is 11.4 Å². The molecule has 1 N–H and O–H groups in total. The van der Waals surface area contributed by atoms with Gasteiger partial charge < -0.3 is 9.84 Å². The maximum atomic E-state index is 11.2. The van der Waals surface area contributed by atoms with Gasteiger partial charge in [0, 0.05) is 5.69 Å². The maximum absolute atomic E-state index is 11.2. The molecule has 0 saturated carbocycles. The first kappa shape index (κ1) is 17.5. The Hall–Kier alpha value is -3.86. The average molecular weight is 370 g/mol. The zero-order valence-electron chi connectivity index (χ0n) is 15.2. The van der Waals surface area contributed by atoms with Crippen LogP contribution in [0.15, 0.2) is 73.1 Å². The first-order valence-corrected chi connectivity index (χ1v) is 8.77. The number of imidazole rings is 1. The molecule has 0 unspecified atom stereocenters. The van der Waals surface area contributed by atoms with Crippen LogP contribution in [0.2, 0.25) is 0 Å². The van der Waals surface area contributed by atoms with Crippen molar-refractivity contribution in [2.24, 2.45) is 0 Å². The molecular weight excluding hydrogens is 352 g/mol. The zero-order chi connectivity index (χ0) is 19.5. The fraction of sp³-hybridized carbons (Fsp3) is 0.0435. The van der Waals surface area contributed by atoms with Gasteiger partial charge in [0.2, 0.25) is 0 Å². The highest BCUT2D eigenvalue weighted by atomic mass is 16.5. The summed E-state index contributed by atoms with van der Waals surface area (Å²) in [6, 6.07) is 21.2. The molecule has 3 aromatic carbocycles. The number of carboxylic acids is 1. The van der Waals surface area contributed by atoms with Crippen molar-refractivity contribution in [3.05, 3.63) is 89.7 Å². The molecule has 0 aliphatic heterocycles. The van der Waals surface area contributed by atoms with E-state index in [4.69, 9.17) is 4.74 Å². The Morgan fingerprint density at radius 2 is 1.79 bits per heavy atom. The van der Waals surface area contributed by atoms with Gasteiger partial charge in [-0.25, -0.2) is 9.78 Å². The molecule has 1 heterocycles. The van der Waals surface area contributed by atoms with Crippen molar-refractivity contribution >= 4 is 29.2 Å². The van der Waals surface area contributed by atoms with E-state index in [2.05, 4.69) is 15.6 Å². The topological polar surface area (TPSA) is 64.4 Å². The van der Waals surface area contributed by atoms with Crippen LogP contribution in [-0.4, -0.2) is 27.7 Å². The van der Waals surface area contributed by atoms with Gasteiger partial charge in [0.25, 0.3) is 0 Å². The van der Waals surface area contributed by atoms with Crippen LogP contribution in [0.5, 0.6) is 5.75 Å². The normalized spacial score (nSPS) is 11.2. The fourth-order valence-electron chi connectivity index (χ4n) is 3.12. The van der Waals surface area contributed by atoms with E-state index in [0.29, 0.717) is 5.75 Å². The van der Waals surface area contributed by atoms with E-state index in [-0.39, 0.29) is 5.56 Å². The number of methoxy groups -OCH3 is 1. The Morgan fingerprint density at radius 3 is 2.57 bits per heavy atom. The number of aromatic carboxylic acids is 1. The van der Waals surface area contributed by atoms with Crippen LogP contribution in [-0.2, 0) is 0 Å². The van der Waals surface area contributed by atoms with Gasteiger partial charge in [0.15, 0.2) is 0 Å². The van der Waals surface area contributed by atoms with Gasteiger partial charge in [-0.2, -0.15) is 0 Å². The SMILES string of the molecule is COc1cc(/C=C/c2cccc(-n3cnc4ccccc43)c2)ccc1C(=O)O. The highest BCUT2D eigenvalue weighted by Gasteiger charge is 2.10. The predicted octanol–water partition coefficient (Wildman–Crippen LogP) is 4.90. The molecule has 0 fully saturated rings. The number of fused-ring (bicyclic) bond motifs is 1. The van der Waals surface area contributed by atoms with E-state index in [0.717, 1.165) is 27.8 Å². The van der Waals surface area contributed by atoms with Crippen LogP contribution in [0, 0.1) is 0 Å². The van der Waals surface area contributed by atoms with Crippen LogP contribution >= 0.6 is 0 Å². The van der Waals surface area contributed by atoms with Gasteiger partial charge in [0.05, 0.1) is 18.1 Å². The van der Waals surface area contributed by atoms with Crippen LogP contribution in [0.25, 0.3) is 28.9 Å². The molecule has 4 rings (SSSR count). The minimum Gasteiger partial charge on any atom is -0.496 e. The molecule has 0 atom stereocenters. The van der Waals surface area contributed by atoms with Crippen molar-refractivity contribution in [2.75, 3.05) is 7.11 Å². The van der Waals surface area contributed by atoms with Gasteiger partial charge in [-0.1, -0.05) is 42.5 Å². The smallest absolute Gasteiger partial charge is 0.339 e. The minimum absolute atomic E-state index is 0.147. The van der Waals surface area contributed by atoms with Crippen molar-refractivity contribution in [1.82, 2.24) is 9.55 Å². The summed E-state index contributed by atoms with van der Waals surface area (Å²) in [6.07, 6.45) is 5.74. The number of nitrogens with zero attached hydrogens (tertiary/aromatic N) is 2. The second-order valence-corrected chi connectivity index (χ2v) is 6.30. The van der Waals surface area contributed by atoms with Gasteiger partial charge in [-0.15, -0.1) is 0 Å². The third-order valence-corrected chi connectivity index (χ3v) is 4.53. The fourth-order valence-corrected chi connectivity index (χ4v) is 3.12. The number of para-hydroxylation sites is 2. The summed E-state index contributed by atoms with van der Waals surface area (Å²) >= 11 is 0. The monoisotopic (exact) mass is 370 g/mol. The third kappa shape index (κ3) is 3.38. The first-order chi connectivity index (χ1) is 13.7. The molecule has 1 aromatic heterocycles. The third-order valence-electron chi connectivity index (χ3n) is 4.53. The number of carbonyl (C=O) groups is 1. The van der Waals surface area contributed by atoms with E-state index < -0.39 is 5.97 Å². The van der Waals surface area contributed by atoms with Crippen molar-refractivity contribution in [2.45, 2.75) is 0 Å². The molecule has 0 saturated heterocycles. The van der Waals surface area contributed by atoms with Crippen LogP contribution in [0.3, 0.4) is 0 Å². The summed E-state index contributed by atoms with van der Waals surface area (Å²) in [7, 11) is 1.47. The van der Waals surface area contributed by atoms with Gasteiger partial charge in [-0.3, -0.25) is 4.57 Å². The number of hydrogen-bond donors (Lipinski definition) is 1. The highest BCUT2D eigenvalue weighted by Crippen LogP contribution is 2.23. The summed E-state index contributed by atoms with van der Waals surface area (Å²) in [5.41, 5.74) is 5.06. The summed E-state index contributed by atoms with van der Waals surface area (Å²) in [5.74, 6) is -0.666. The summed E-state index contributed by atoms with van der Waals surface area (Å²) in [4.78, 5) is 15.7. The van der Waals surface area contributed by atoms with Gasteiger partial charge in [0.1, 0.15) is 17.6 Å². The Balaban J connectivity index is 1.64. The van der Waals surface area contributed by atoms with E-state index in [9.17, 15) is 9.90 Å². The lowest BCUT2D eigenvalue weighted by Gasteiger charge is -2.06. The number of benzene rings is 3. The Kier molecular flexibility index (Phi) is 4.64. The molecule has 0 spiro atoms. The molecule has 4 aromatic rings. The molecular formula is C23H18N2O3. The average Bonchev–Trinajstić information content (AvgIpc) is 3.16. The maximum Gasteiger partial charge on any atom is 0.339 e. The van der Waals surface area contributed by atoms with Crippen LogP contribution < -0.4 is 4.74 Å². The van der Waals surface area contributed by atoms with E-state index in [1.54, 1.807) is 18.2 Å². The molecule has 0 aliphatic carbocycles. The van der Waals surface area contributed by atoms with Gasteiger partial charge in [-0.05, 0) is 47.5 Å². The number of carboxylic acid groups (broad SMARTS) is 1. The van der Waals surface area contributed by atoms with Gasteiger partial charge >= 0.3 is 5.97 Å². The lowest BCUT2D eigenvalue weighted by atomic mass is 10.1. The lowest BCUT2D eigenvalue weighted by Crippen LogP contribution is -2.00. The molecule has 0 amide bonds. The number of hydrogen-bond acceptors (Lipinski definition) is 3. The molecule has 28 heavy (non-hydrogen) atoms. The standard InChI is InChI=1S/C23H18N2O3/c1-28-22-14-17(11-12-19(22)23(26)27)10-9-16-5-4-6-18(13-16)25-15-24-20-7-2-3-8-21(20)25/h2-15H,1H3,(H,26,27)/b10-9+. The molecule has 0 bridgehead atoms. The Morgan fingerprint density at radius 1 is 1.00 bits per heavy atom. The lowest BCUT2D eigenvalue weighted by molar-refractivity contribution is 0.0693. The number of aromatic nitrogens is 2. The van der Waals surface area contributed by atoms with Crippen molar-refractivity contribution in [1.29, 1.82) is 0 Å². The summed E-state index contributed by atoms with van der Waals surface area (Å²) in [6.45, 7) is 0. The van der Waals surface area contributed by atoms with E-state index in [1.165, 1.54) is 7.11 Å². The van der Waals surface area contributed by atoms with E-state index in [1.807, 2.05) is 60.9 Å². The summed E-state index contributed by atoms with van der Waals surface area (Å²) < 4.78 is 7.24. The predicted molar refractivity (Wildman–Crippen MR) is 110 cm³/mol. The highest BCUT2D eigenvalue weighted by molar-refractivity contribution is 5.91. The second kappa shape index (κ2) is 7.40. The Labute approximate surface area is 162 Å². The number of rotatable bonds is 5. The largest absolute Gasteiger partial charge is 0.496 e. The van der Waals surface area contributed by atoms with Crippen LogP contribution in [0.4, 0.5) is 0 Å². The molecule has 5 heteroatoms. The summed E-state index contributed by atoms with van der Waals surface area (Å²) in [5, 5.41) is 9.19. The first-order valence-electron chi connectivity index (χ1n) is 8.77. The molecule has 5 nitrogen and oxygen atoms in total. The quantitative estimate of drug-likeness (QED) is 0.507. The van der Waals surface area contributed by atoms with Crippen LogP contribution in [0.1, 0.15) is 21.5 Å². The minimum atomic E-state index is -1.01. The van der Waals surface area contributed by atoms with E-state index >= 15 is 0 Å².